The van der Waals surface area contributed by atoms with Crippen molar-refractivity contribution in [2.45, 2.75) is 6.18 Å². The van der Waals surface area contributed by atoms with E-state index in [4.69, 9.17) is 5.73 Å². The predicted molar refractivity (Wildman–Crippen MR) is 72.8 cm³/mol. The van der Waals surface area contributed by atoms with Gasteiger partial charge in [-0.25, -0.2) is 0 Å². The highest BCUT2D eigenvalue weighted by Gasteiger charge is 2.31. The fraction of sp³-hybridized carbons (Fsp3) is 0.300. The summed E-state index contributed by atoms with van der Waals surface area (Å²) >= 11 is 1.74. The molecular weight excluding hydrogens is 383 g/mol. The summed E-state index contributed by atoms with van der Waals surface area (Å²) in [6.07, 6.45) is -4.45. The van der Waals surface area contributed by atoms with E-state index in [9.17, 15) is 18.0 Å². The molecule has 0 saturated carbocycles. The van der Waals surface area contributed by atoms with Crippen molar-refractivity contribution in [3.05, 3.63) is 32.9 Å². The van der Waals surface area contributed by atoms with Crippen LogP contribution in [0.1, 0.15) is 15.9 Å². The molecule has 0 atom stereocenters. The normalized spacial score (nSPS) is 10.7. The smallest absolute Gasteiger partial charge is 0.351 e. The zero-order valence-electron chi connectivity index (χ0n) is 9.05. The second-order valence-electron chi connectivity index (χ2n) is 3.27. The minimum absolute atomic E-state index is 0. The van der Waals surface area contributed by atoms with E-state index in [-0.39, 0.29) is 31.1 Å². The molecule has 0 bridgehead atoms. The molecule has 1 rings (SSSR count). The monoisotopic (exact) mass is 394 g/mol. The first-order chi connectivity index (χ1) is 7.84. The van der Waals surface area contributed by atoms with Crippen molar-refractivity contribution in [3.63, 3.8) is 0 Å². The molecule has 8 heteroatoms. The highest BCUT2D eigenvalue weighted by atomic mass is 127. The number of alkyl halides is 3. The minimum Gasteiger partial charge on any atom is -0.351 e. The van der Waals surface area contributed by atoms with E-state index < -0.39 is 17.6 Å². The van der Waals surface area contributed by atoms with Gasteiger partial charge in [-0.3, -0.25) is 4.79 Å². The first-order valence-corrected chi connectivity index (χ1v) is 5.78. The quantitative estimate of drug-likeness (QED) is 0.774. The molecule has 1 aromatic carbocycles. The Labute approximate surface area is 122 Å². The number of carbonyl (C=O) groups excluding carboxylic acids is 1. The van der Waals surface area contributed by atoms with Crippen molar-refractivity contribution in [1.29, 1.82) is 0 Å². The van der Waals surface area contributed by atoms with Crippen molar-refractivity contribution in [2.24, 2.45) is 5.73 Å². The van der Waals surface area contributed by atoms with Crippen molar-refractivity contribution >= 4 is 40.9 Å². The molecule has 0 heterocycles. The first-order valence-electron chi connectivity index (χ1n) is 4.70. The summed E-state index contributed by atoms with van der Waals surface area (Å²) in [5.41, 5.74) is 4.34. The third-order valence-electron chi connectivity index (χ3n) is 1.92. The summed E-state index contributed by atoms with van der Waals surface area (Å²) in [5, 5.41) is 2.42. The van der Waals surface area contributed by atoms with Gasteiger partial charge in [0, 0.05) is 22.2 Å². The maximum absolute atomic E-state index is 12.5. The van der Waals surface area contributed by atoms with Crippen LogP contribution >= 0.6 is 35.0 Å². The molecule has 0 unspecified atom stereocenters. The number of benzene rings is 1. The Morgan fingerprint density at radius 3 is 2.44 bits per heavy atom. The standard InChI is InChI=1S/C10H10F3IN2O.ClH/c11-10(12,13)7-3-6(4-8(14)5-7)9(17)16-2-1-15;/h3-5H,1-2,15H2,(H,16,17);1H. The van der Waals surface area contributed by atoms with E-state index in [1.807, 2.05) is 0 Å². The average molecular weight is 395 g/mol. The molecule has 0 aliphatic heterocycles. The van der Waals surface area contributed by atoms with Gasteiger partial charge in [0.15, 0.2) is 0 Å². The molecule has 0 aromatic heterocycles. The van der Waals surface area contributed by atoms with Crippen LogP contribution in [0.15, 0.2) is 18.2 Å². The van der Waals surface area contributed by atoms with Crippen molar-refractivity contribution in [2.75, 3.05) is 13.1 Å². The second-order valence-corrected chi connectivity index (χ2v) is 4.52. The Hall–Kier alpha value is -0.540. The van der Waals surface area contributed by atoms with E-state index >= 15 is 0 Å². The lowest BCUT2D eigenvalue weighted by atomic mass is 10.1. The highest BCUT2D eigenvalue weighted by Crippen LogP contribution is 2.31. The second kappa shape index (κ2) is 7.15. The molecule has 3 nitrogen and oxygen atoms in total. The Balaban J connectivity index is 0.00000289. The van der Waals surface area contributed by atoms with Crippen molar-refractivity contribution < 1.29 is 18.0 Å². The number of rotatable bonds is 3. The molecule has 0 aliphatic carbocycles. The zero-order chi connectivity index (χ0) is 13.1. The number of amides is 1. The van der Waals surface area contributed by atoms with Crippen LogP contribution in [-0.2, 0) is 6.18 Å². The summed E-state index contributed by atoms with van der Waals surface area (Å²) in [6, 6.07) is 3.20. The summed E-state index contributed by atoms with van der Waals surface area (Å²) in [7, 11) is 0. The SMILES string of the molecule is Cl.NCCNC(=O)c1cc(I)cc(C(F)(F)F)c1. The van der Waals surface area contributed by atoms with Crippen LogP contribution in [0.4, 0.5) is 13.2 Å². The molecule has 102 valence electrons. The summed E-state index contributed by atoms with van der Waals surface area (Å²) in [6.45, 7) is 0.466. The van der Waals surface area contributed by atoms with E-state index in [1.165, 1.54) is 6.07 Å². The zero-order valence-corrected chi connectivity index (χ0v) is 12.0. The lowest BCUT2D eigenvalue weighted by Gasteiger charge is -2.10. The maximum atomic E-state index is 12.5. The van der Waals surface area contributed by atoms with Gasteiger partial charge in [-0.2, -0.15) is 13.2 Å². The molecule has 1 aromatic rings. The van der Waals surface area contributed by atoms with Crippen LogP contribution < -0.4 is 11.1 Å². The minimum atomic E-state index is -4.45. The van der Waals surface area contributed by atoms with Gasteiger partial charge < -0.3 is 11.1 Å². The summed E-state index contributed by atoms with van der Waals surface area (Å²) < 4.78 is 37.9. The van der Waals surface area contributed by atoms with Gasteiger partial charge in [0.25, 0.3) is 5.91 Å². The lowest BCUT2D eigenvalue weighted by molar-refractivity contribution is -0.137. The predicted octanol–water partition coefficient (Wildman–Crippen LogP) is 2.42. The van der Waals surface area contributed by atoms with Crippen LogP contribution in [-0.4, -0.2) is 19.0 Å². The van der Waals surface area contributed by atoms with Gasteiger partial charge in [0.05, 0.1) is 5.56 Å². The number of hydrogen-bond donors (Lipinski definition) is 2. The van der Waals surface area contributed by atoms with E-state index in [0.29, 0.717) is 3.57 Å². The molecule has 0 saturated heterocycles. The van der Waals surface area contributed by atoms with Crippen LogP contribution in [0.25, 0.3) is 0 Å². The van der Waals surface area contributed by atoms with Gasteiger partial charge in [-0.15, -0.1) is 12.4 Å². The third-order valence-corrected chi connectivity index (χ3v) is 2.54. The number of halogens is 5. The van der Waals surface area contributed by atoms with Crippen molar-refractivity contribution in [3.8, 4) is 0 Å². The lowest BCUT2D eigenvalue weighted by Crippen LogP contribution is -2.29. The molecule has 0 radical (unpaired) electrons. The Morgan fingerprint density at radius 2 is 1.94 bits per heavy atom. The van der Waals surface area contributed by atoms with E-state index in [0.717, 1.165) is 12.1 Å². The average Bonchev–Trinajstić information content (AvgIpc) is 2.23. The fourth-order valence-corrected chi connectivity index (χ4v) is 1.84. The molecule has 3 N–H and O–H groups in total. The molecule has 1 amide bonds. The van der Waals surface area contributed by atoms with Gasteiger partial charge in [0.1, 0.15) is 0 Å². The topological polar surface area (TPSA) is 55.1 Å². The summed E-state index contributed by atoms with van der Waals surface area (Å²) in [4.78, 5) is 11.5. The van der Waals surface area contributed by atoms with Gasteiger partial charge in [-0.1, -0.05) is 0 Å². The molecular formula is C10H11ClF3IN2O. The Kier molecular flexibility index (Phi) is 6.93. The number of nitrogens with one attached hydrogen (secondary N) is 1. The van der Waals surface area contributed by atoms with Gasteiger partial charge in [0.2, 0.25) is 0 Å². The van der Waals surface area contributed by atoms with E-state index in [2.05, 4.69) is 5.32 Å². The fourth-order valence-electron chi connectivity index (χ4n) is 1.17. The van der Waals surface area contributed by atoms with Crippen LogP contribution in [0, 0.1) is 3.57 Å². The number of nitrogens with two attached hydrogens (primary N) is 1. The van der Waals surface area contributed by atoms with Crippen LogP contribution in [0.2, 0.25) is 0 Å². The molecule has 0 spiro atoms. The molecule has 18 heavy (non-hydrogen) atoms. The third kappa shape index (κ3) is 4.99. The van der Waals surface area contributed by atoms with Gasteiger partial charge in [-0.05, 0) is 40.8 Å². The van der Waals surface area contributed by atoms with Crippen LogP contribution in [0.3, 0.4) is 0 Å². The number of hydrogen-bond acceptors (Lipinski definition) is 2. The van der Waals surface area contributed by atoms with E-state index in [1.54, 1.807) is 22.6 Å². The maximum Gasteiger partial charge on any atom is 0.416 e. The molecule has 0 aliphatic rings. The Bertz CT molecular complexity index is 426. The molecule has 0 fully saturated rings. The largest absolute Gasteiger partial charge is 0.416 e. The van der Waals surface area contributed by atoms with Crippen molar-refractivity contribution in [1.82, 2.24) is 5.32 Å². The first kappa shape index (κ1) is 17.5. The summed E-state index contributed by atoms with van der Waals surface area (Å²) in [5.74, 6) is -0.556. The Morgan fingerprint density at radius 1 is 1.33 bits per heavy atom. The van der Waals surface area contributed by atoms with Gasteiger partial charge >= 0.3 is 6.18 Å². The highest BCUT2D eigenvalue weighted by molar-refractivity contribution is 14.1. The van der Waals surface area contributed by atoms with Crippen LogP contribution in [0.5, 0.6) is 0 Å². The number of carbonyl (C=O) groups is 1.